The van der Waals surface area contributed by atoms with E-state index in [0.29, 0.717) is 16.6 Å². The van der Waals surface area contributed by atoms with E-state index in [1.165, 1.54) is 6.39 Å². The fourth-order valence-electron chi connectivity index (χ4n) is 2.60. The Morgan fingerprint density at radius 3 is 2.59 bits per heavy atom. The van der Waals surface area contributed by atoms with Crippen LogP contribution in [0.3, 0.4) is 0 Å². The van der Waals surface area contributed by atoms with E-state index in [4.69, 9.17) is 16.6 Å². The van der Waals surface area contributed by atoms with Crippen LogP contribution in [0, 0.1) is 6.92 Å². The number of para-hydroxylation sites is 1. The molecule has 3 rings (SSSR count). The van der Waals surface area contributed by atoms with Crippen LogP contribution >= 0.6 is 12.2 Å². The molecule has 1 aromatic heterocycles. The number of thiocarbonyl (C=S) groups is 1. The van der Waals surface area contributed by atoms with Crippen LogP contribution in [-0.4, -0.2) is 21.2 Å². The molecule has 0 atom stereocenters. The van der Waals surface area contributed by atoms with Gasteiger partial charge in [0.1, 0.15) is 0 Å². The lowest BCUT2D eigenvalue weighted by Crippen LogP contribution is -2.43. The lowest BCUT2D eigenvalue weighted by molar-refractivity contribution is 0.0944. The van der Waals surface area contributed by atoms with E-state index in [2.05, 4.69) is 33.3 Å². The zero-order chi connectivity index (χ0) is 19.2. The van der Waals surface area contributed by atoms with Gasteiger partial charge in [-0.1, -0.05) is 25.1 Å². The molecule has 0 spiro atoms. The Morgan fingerprint density at radius 1 is 1.15 bits per heavy atom. The van der Waals surface area contributed by atoms with Crippen molar-refractivity contribution in [1.82, 2.24) is 21.0 Å². The molecule has 0 fully saturated rings. The van der Waals surface area contributed by atoms with Crippen molar-refractivity contribution in [3.05, 3.63) is 65.5 Å². The van der Waals surface area contributed by atoms with Gasteiger partial charge in [0.25, 0.3) is 5.91 Å². The lowest BCUT2D eigenvalue weighted by Gasteiger charge is -2.16. The third-order valence-electron chi connectivity index (χ3n) is 4.02. The Labute approximate surface area is 162 Å². The molecule has 0 aliphatic rings. The summed E-state index contributed by atoms with van der Waals surface area (Å²) in [6.07, 6.45) is 2.14. The topological polar surface area (TPSA) is 92.1 Å². The van der Waals surface area contributed by atoms with Crippen LogP contribution in [0.4, 0.5) is 5.69 Å². The molecular weight excluding hydrogens is 362 g/mol. The molecule has 3 N–H and O–H groups in total. The van der Waals surface area contributed by atoms with Crippen molar-refractivity contribution in [2.45, 2.75) is 20.3 Å². The van der Waals surface area contributed by atoms with Gasteiger partial charge in [-0.05, 0) is 61.0 Å². The van der Waals surface area contributed by atoms with Crippen LogP contribution in [0.1, 0.15) is 28.4 Å². The highest BCUT2D eigenvalue weighted by atomic mass is 32.1. The van der Waals surface area contributed by atoms with E-state index < -0.39 is 0 Å². The SMILES string of the molecule is CCc1cccc(C)c1NC(=S)NNC(=O)c1ccc(-c2nnco2)cc1. The molecule has 0 radical (unpaired) electrons. The Hall–Kier alpha value is -3.26. The number of hydrogen-bond acceptors (Lipinski definition) is 5. The van der Waals surface area contributed by atoms with Crippen LogP contribution in [0.15, 0.2) is 53.3 Å². The van der Waals surface area contributed by atoms with E-state index in [-0.39, 0.29) is 5.91 Å². The number of carbonyl (C=O) groups is 1. The highest BCUT2D eigenvalue weighted by Crippen LogP contribution is 2.21. The smallest absolute Gasteiger partial charge is 0.269 e. The Balaban J connectivity index is 1.58. The van der Waals surface area contributed by atoms with E-state index >= 15 is 0 Å². The van der Waals surface area contributed by atoms with Crippen molar-refractivity contribution in [1.29, 1.82) is 0 Å². The Bertz CT molecular complexity index is 939. The zero-order valence-electron chi connectivity index (χ0n) is 14.9. The standard InChI is InChI=1S/C19H19N5O2S/c1-3-13-6-4-5-12(2)16(13)21-19(27)24-22-17(25)14-7-9-15(10-8-14)18-23-20-11-26-18/h4-11H,3H2,1-2H3,(H,22,25)(H2,21,24,27). The van der Waals surface area contributed by atoms with Crippen molar-refractivity contribution in [2.75, 3.05) is 5.32 Å². The van der Waals surface area contributed by atoms with Crippen LogP contribution in [-0.2, 0) is 6.42 Å². The first-order chi connectivity index (χ1) is 13.1. The molecule has 1 heterocycles. The number of aromatic nitrogens is 2. The predicted octanol–water partition coefficient (Wildman–Crippen LogP) is 3.24. The summed E-state index contributed by atoms with van der Waals surface area (Å²) in [4.78, 5) is 12.3. The number of nitrogens with one attached hydrogen (secondary N) is 3. The normalized spacial score (nSPS) is 10.3. The number of hydrogen-bond donors (Lipinski definition) is 3. The molecule has 0 aliphatic carbocycles. The maximum Gasteiger partial charge on any atom is 0.269 e. The highest BCUT2D eigenvalue weighted by molar-refractivity contribution is 7.80. The van der Waals surface area contributed by atoms with Gasteiger partial charge in [0, 0.05) is 16.8 Å². The second kappa shape index (κ2) is 8.41. The average molecular weight is 381 g/mol. The van der Waals surface area contributed by atoms with Gasteiger partial charge in [-0.3, -0.25) is 15.6 Å². The second-order valence-corrected chi connectivity index (χ2v) is 6.23. The van der Waals surface area contributed by atoms with E-state index in [1.807, 2.05) is 25.1 Å². The molecule has 138 valence electrons. The second-order valence-electron chi connectivity index (χ2n) is 5.82. The first kappa shape index (κ1) is 18.5. The number of aryl methyl sites for hydroxylation is 2. The van der Waals surface area contributed by atoms with Crippen molar-refractivity contribution in [3.8, 4) is 11.5 Å². The summed E-state index contributed by atoms with van der Waals surface area (Å²) >= 11 is 5.28. The minimum absolute atomic E-state index is 0.309. The number of rotatable bonds is 4. The van der Waals surface area contributed by atoms with Crippen molar-refractivity contribution in [3.63, 3.8) is 0 Å². The number of nitrogens with zero attached hydrogens (tertiary/aromatic N) is 2. The van der Waals surface area contributed by atoms with Gasteiger partial charge in [0.2, 0.25) is 12.3 Å². The number of anilines is 1. The molecule has 0 aliphatic heterocycles. The summed E-state index contributed by atoms with van der Waals surface area (Å²) in [6, 6.07) is 12.9. The molecule has 0 bridgehead atoms. The number of hydrazine groups is 1. The van der Waals surface area contributed by atoms with Gasteiger partial charge >= 0.3 is 0 Å². The van der Waals surface area contributed by atoms with Gasteiger partial charge < -0.3 is 9.73 Å². The van der Waals surface area contributed by atoms with Gasteiger partial charge in [-0.2, -0.15) is 0 Å². The molecule has 8 heteroatoms. The third kappa shape index (κ3) is 4.48. The maximum absolute atomic E-state index is 12.3. The summed E-state index contributed by atoms with van der Waals surface area (Å²) in [5.74, 6) is 0.0900. The molecule has 7 nitrogen and oxygen atoms in total. The third-order valence-corrected chi connectivity index (χ3v) is 4.23. The summed E-state index contributed by atoms with van der Waals surface area (Å²) in [6.45, 7) is 4.09. The van der Waals surface area contributed by atoms with Crippen LogP contribution in [0.25, 0.3) is 11.5 Å². The quantitative estimate of drug-likeness (QED) is 0.472. The molecule has 1 amide bonds. The molecule has 0 saturated heterocycles. The molecular formula is C19H19N5O2S. The summed E-state index contributed by atoms with van der Waals surface area (Å²) in [7, 11) is 0. The maximum atomic E-state index is 12.3. The molecule has 2 aromatic carbocycles. The van der Waals surface area contributed by atoms with Gasteiger partial charge in [0.05, 0.1) is 0 Å². The Kier molecular flexibility index (Phi) is 5.77. The lowest BCUT2D eigenvalue weighted by atomic mass is 10.1. The van der Waals surface area contributed by atoms with Gasteiger partial charge in [-0.25, -0.2) is 0 Å². The van der Waals surface area contributed by atoms with Gasteiger partial charge in [-0.15, -0.1) is 10.2 Å². The van der Waals surface area contributed by atoms with E-state index in [9.17, 15) is 4.79 Å². The zero-order valence-corrected chi connectivity index (χ0v) is 15.8. The minimum atomic E-state index is -0.309. The van der Waals surface area contributed by atoms with E-state index in [1.54, 1.807) is 24.3 Å². The predicted molar refractivity (Wildman–Crippen MR) is 107 cm³/mol. The molecule has 27 heavy (non-hydrogen) atoms. The van der Waals surface area contributed by atoms with Gasteiger partial charge in [0.15, 0.2) is 5.11 Å². The fraction of sp³-hybridized carbons (Fsp3) is 0.158. The summed E-state index contributed by atoms with van der Waals surface area (Å²) in [5, 5.41) is 10.9. The largest absolute Gasteiger partial charge is 0.423 e. The van der Waals surface area contributed by atoms with Crippen LogP contribution in [0.5, 0.6) is 0 Å². The average Bonchev–Trinajstić information content (AvgIpc) is 3.22. The monoisotopic (exact) mass is 381 g/mol. The number of carbonyl (C=O) groups excluding carboxylic acids is 1. The van der Waals surface area contributed by atoms with Crippen molar-refractivity contribution < 1.29 is 9.21 Å². The minimum Gasteiger partial charge on any atom is -0.423 e. The first-order valence-electron chi connectivity index (χ1n) is 8.41. The molecule has 0 saturated carbocycles. The number of benzene rings is 2. The van der Waals surface area contributed by atoms with Crippen molar-refractivity contribution in [2.24, 2.45) is 0 Å². The van der Waals surface area contributed by atoms with Crippen molar-refractivity contribution >= 4 is 28.9 Å². The molecule has 0 unspecified atom stereocenters. The van der Waals surface area contributed by atoms with Crippen LogP contribution < -0.4 is 16.2 Å². The molecule has 3 aromatic rings. The highest BCUT2D eigenvalue weighted by Gasteiger charge is 2.10. The fourth-order valence-corrected chi connectivity index (χ4v) is 2.75. The summed E-state index contributed by atoms with van der Waals surface area (Å²) in [5.41, 5.74) is 9.72. The number of amides is 1. The van der Waals surface area contributed by atoms with E-state index in [0.717, 1.165) is 28.8 Å². The van der Waals surface area contributed by atoms with Crippen LogP contribution in [0.2, 0.25) is 0 Å². The first-order valence-corrected chi connectivity index (χ1v) is 8.81. The summed E-state index contributed by atoms with van der Waals surface area (Å²) < 4.78 is 5.12. The Morgan fingerprint density at radius 2 is 1.93 bits per heavy atom.